The highest BCUT2D eigenvalue weighted by atomic mass is 15.1. The number of aromatic nitrogens is 2. The molecule has 0 aliphatic carbocycles. The van der Waals surface area contributed by atoms with Crippen molar-refractivity contribution in [2.45, 2.75) is 44.7 Å². The average molecular weight is 234 g/mol. The van der Waals surface area contributed by atoms with Gasteiger partial charge in [0.25, 0.3) is 0 Å². The van der Waals surface area contributed by atoms with Crippen molar-refractivity contribution in [3.63, 3.8) is 0 Å². The lowest BCUT2D eigenvalue weighted by Gasteiger charge is -2.23. The van der Waals surface area contributed by atoms with Crippen LogP contribution in [-0.2, 0) is 26.4 Å². The van der Waals surface area contributed by atoms with Crippen LogP contribution in [0.1, 0.15) is 36.5 Å². The van der Waals surface area contributed by atoms with Gasteiger partial charge in [-0.05, 0) is 19.4 Å². The van der Waals surface area contributed by atoms with E-state index in [1.54, 1.807) is 0 Å². The van der Waals surface area contributed by atoms with Gasteiger partial charge in [0.15, 0.2) is 0 Å². The number of fused-ring (bicyclic) bond motifs is 1. The molecule has 0 aromatic carbocycles. The second-order valence-corrected chi connectivity index (χ2v) is 5.26. The van der Waals surface area contributed by atoms with Crippen LogP contribution in [0.25, 0.3) is 0 Å². The van der Waals surface area contributed by atoms with Gasteiger partial charge in [-0.3, -0.25) is 0 Å². The van der Waals surface area contributed by atoms with Gasteiger partial charge in [0.05, 0.1) is 5.69 Å². The molecular weight excluding hydrogens is 212 g/mol. The molecule has 1 aromatic rings. The number of nitrogens with zero attached hydrogens (tertiary/aromatic N) is 2. The molecule has 94 valence electrons. The van der Waals surface area contributed by atoms with E-state index < -0.39 is 0 Å². The van der Waals surface area contributed by atoms with Crippen LogP contribution in [0.15, 0.2) is 0 Å². The maximum Gasteiger partial charge on any atom is 0.110 e. The van der Waals surface area contributed by atoms with E-state index >= 15 is 0 Å². The van der Waals surface area contributed by atoms with Crippen molar-refractivity contribution in [3.8, 4) is 0 Å². The molecule has 0 saturated carbocycles. The standard InChI is InChI=1S/C13H22N4/c1-17-12-5-7-14-9-11(12)16-13(17)8-10-4-2-3-6-15-10/h10,14-15H,2-9H2,1H3. The Morgan fingerprint density at radius 2 is 2.29 bits per heavy atom. The molecule has 0 amide bonds. The Morgan fingerprint density at radius 1 is 1.35 bits per heavy atom. The van der Waals surface area contributed by atoms with Crippen molar-refractivity contribution < 1.29 is 0 Å². The number of nitrogens with one attached hydrogen (secondary N) is 2. The summed E-state index contributed by atoms with van der Waals surface area (Å²) in [5, 5.41) is 7.00. The fourth-order valence-corrected chi connectivity index (χ4v) is 3.01. The summed E-state index contributed by atoms with van der Waals surface area (Å²) in [6.07, 6.45) is 6.21. The average Bonchev–Trinajstić information content (AvgIpc) is 2.68. The molecule has 4 heteroatoms. The van der Waals surface area contributed by atoms with E-state index in [9.17, 15) is 0 Å². The highest BCUT2D eigenvalue weighted by Gasteiger charge is 2.20. The summed E-state index contributed by atoms with van der Waals surface area (Å²) in [6, 6.07) is 0.638. The van der Waals surface area contributed by atoms with Crippen LogP contribution >= 0.6 is 0 Å². The normalized spacial score (nSPS) is 24.6. The zero-order valence-corrected chi connectivity index (χ0v) is 10.6. The van der Waals surface area contributed by atoms with Gasteiger partial charge in [0.1, 0.15) is 5.82 Å². The molecule has 1 atom stereocenters. The van der Waals surface area contributed by atoms with E-state index in [-0.39, 0.29) is 0 Å². The van der Waals surface area contributed by atoms with Crippen LogP contribution < -0.4 is 10.6 Å². The number of hydrogen-bond donors (Lipinski definition) is 2. The Labute approximate surface area is 103 Å². The number of hydrogen-bond acceptors (Lipinski definition) is 3. The van der Waals surface area contributed by atoms with Crippen LogP contribution in [-0.4, -0.2) is 28.7 Å². The second-order valence-electron chi connectivity index (χ2n) is 5.26. The summed E-state index contributed by atoms with van der Waals surface area (Å²) in [7, 11) is 2.18. The second kappa shape index (κ2) is 4.78. The fourth-order valence-electron chi connectivity index (χ4n) is 3.01. The number of imidazole rings is 1. The predicted octanol–water partition coefficient (Wildman–Crippen LogP) is 0.750. The van der Waals surface area contributed by atoms with E-state index in [1.165, 1.54) is 43.0 Å². The molecule has 3 rings (SSSR count). The summed E-state index contributed by atoms with van der Waals surface area (Å²) in [5.74, 6) is 1.26. The SMILES string of the molecule is Cn1c(CC2CCCCN2)nc2c1CCNC2. The van der Waals surface area contributed by atoms with Crippen molar-refractivity contribution in [3.05, 3.63) is 17.2 Å². The molecule has 17 heavy (non-hydrogen) atoms. The monoisotopic (exact) mass is 234 g/mol. The van der Waals surface area contributed by atoms with Crippen LogP contribution in [0.5, 0.6) is 0 Å². The molecule has 3 heterocycles. The Kier molecular flexibility index (Phi) is 3.16. The smallest absolute Gasteiger partial charge is 0.110 e. The summed E-state index contributed by atoms with van der Waals surface area (Å²) < 4.78 is 2.33. The first-order valence-corrected chi connectivity index (χ1v) is 6.82. The zero-order valence-electron chi connectivity index (χ0n) is 10.6. The first-order chi connectivity index (χ1) is 8.34. The Morgan fingerprint density at radius 3 is 3.06 bits per heavy atom. The largest absolute Gasteiger partial charge is 0.335 e. The highest BCUT2D eigenvalue weighted by molar-refractivity contribution is 5.20. The fraction of sp³-hybridized carbons (Fsp3) is 0.769. The Bertz CT molecular complexity index is 390. The van der Waals surface area contributed by atoms with Gasteiger partial charge in [0.2, 0.25) is 0 Å². The first-order valence-electron chi connectivity index (χ1n) is 6.82. The molecular formula is C13H22N4. The number of piperidine rings is 1. The molecule has 1 saturated heterocycles. The molecule has 1 fully saturated rings. The first kappa shape index (κ1) is 11.2. The van der Waals surface area contributed by atoms with E-state index in [0.29, 0.717) is 6.04 Å². The molecule has 0 spiro atoms. The van der Waals surface area contributed by atoms with Crippen molar-refractivity contribution in [2.24, 2.45) is 7.05 Å². The molecule has 1 unspecified atom stereocenters. The lowest BCUT2D eigenvalue weighted by Crippen LogP contribution is -2.36. The third kappa shape index (κ3) is 2.24. The van der Waals surface area contributed by atoms with Gasteiger partial charge in [-0.15, -0.1) is 0 Å². The van der Waals surface area contributed by atoms with Gasteiger partial charge >= 0.3 is 0 Å². The quantitative estimate of drug-likeness (QED) is 0.793. The van der Waals surface area contributed by atoms with Crippen LogP contribution in [0, 0.1) is 0 Å². The minimum atomic E-state index is 0.638. The summed E-state index contributed by atoms with van der Waals surface area (Å²) in [6.45, 7) is 3.21. The Hall–Kier alpha value is -0.870. The lowest BCUT2D eigenvalue weighted by atomic mass is 10.0. The van der Waals surface area contributed by atoms with Gasteiger partial charge in [-0.25, -0.2) is 4.98 Å². The van der Waals surface area contributed by atoms with Gasteiger partial charge in [-0.1, -0.05) is 6.42 Å². The predicted molar refractivity (Wildman–Crippen MR) is 68.0 cm³/mol. The summed E-state index contributed by atoms with van der Waals surface area (Å²) in [4.78, 5) is 4.80. The molecule has 2 N–H and O–H groups in total. The maximum atomic E-state index is 4.80. The number of rotatable bonds is 2. The minimum absolute atomic E-state index is 0.638. The molecule has 0 bridgehead atoms. The van der Waals surface area contributed by atoms with Gasteiger partial charge in [0, 0.05) is 44.7 Å². The topological polar surface area (TPSA) is 41.9 Å². The van der Waals surface area contributed by atoms with E-state index in [0.717, 1.165) is 25.9 Å². The molecule has 1 aromatic heterocycles. The van der Waals surface area contributed by atoms with Crippen molar-refractivity contribution in [2.75, 3.05) is 13.1 Å². The van der Waals surface area contributed by atoms with Crippen LogP contribution in [0.2, 0.25) is 0 Å². The van der Waals surface area contributed by atoms with Crippen molar-refractivity contribution in [1.29, 1.82) is 0 Å². The van der Waals surface area contributed by atoms with Crippen LogP contribution in [0.3, 0.4) is 0 Å². The molecule has 2 aliphatic rings. The summed E-state index contributed by atoms with van der Waals surface area (Å²) >= 11 is 0. The van der Waals surface area contributed by atoms with E-state index in [2.05, 4.69) is 22.2 Å². The van der Waals surface area contributed by atoms with Crippen LogP contribution in [0.4, 0.5) is 0 Å². The molecule has 2 aliphatic heterocycles. The highest BCUT2D eigenvalue weighted by Crippen LogP contribution is 2.17. The molecule has 0 radical (unpaired) electrons. The zero-order chi connectivity index (χ0) is 11.7. The summed E-state index contributed by atoms with van der Waals surface area (Å²) in [5.41, 5.74) is 2.71. The lowest BCUT2D eigenvalue weighted by molar-refractivity contribution is 0.391. The maximum absolute atomic E-state index is 4.80. The minimum Gasteiger partial charge on any atom is -0.335 e. The van der Waals surface area contributed by atoms with E-state index in [4.69, 9.17) is 4.98 Å². The Balaban J connectivity index is 1.76. The third-order valence-electron chi connectivity index (χ3n) is 4.06. The van der Waals surface area contributed by atoms with Gasteiger partial charge < -0.3 is 15.2 Å². The van der Waals surface area contributed by atoms with E-state index in [1.807, 2.05) is 0 Å². The molecule has 4 nitrogen and oxygen atoms in total. The third-order valence-corrected chi connectivity index (χ3v) is 4.06. The van der Waals surface area contributed by atoms with Crippen molar-refractivity contribution >= 4 is 0 Å². The van der Waals surface area contributed by atoms with Crippen molar-refractivity contribution in [1.82, 2.24) is 20.2 Å². The van der Waals surface area contributed by atoms with Gasteiger partial charge in [-0.2, -0.15) is 0 Å².